The van der Waals surface area contributed by atoms with Crippen molar-refractivity contribution >= 4 is 0 Å². The maximum Gasteiger partial charge on any atom is 0.147 e. The van der Waals surface area contributed by atoms with Crippen LogP contribution in [0.4, 0.5) is 0 Å². The van der Waals surface area contributed by atoms with E-state index < -0.39 is 5.60 Å². The van der Waals surface area contributed by atoms with E-state index in [1.165, 1.54) is 0 Å². The molecule has 1 saturated carbocycles. The Morgan fingerprint density at radius 3 is 2.93 bits per heavy atom. The van der Waals surface area contributed by atoms with E-state index in [4.69, 9.17) is 9.47 Å². The summed E-state index contributed by atoms with van der Waals surface area (Å²) in [6.07, 6.45) is 6.24. The highest BCUT2D eigenvalue weighted by molar-refractivity contribution is 5.17. The van der Waals surface area contributed by atoms with E-state index in [2.05, 4.69) is 0 Å². The predicted molar refractivity (Wildman–Crippen MR) is 52.8 cm³/mol. The van der Waals surface area contributed by atoms with Gasteiger partial charge in [0.25, 0.3) is 0 Å². The molecule has 0 spiro atoms. The van der Waals surface area contributed by atoms with Crippen molar-refractivity contribution in [3.8, 4) is 0 Å². The first-order chi connectivity index (χ1) is 6.77. The smallest absolute Gasteiger partial charge is 0.147 e. The highest BCUT2D eigenvalue weighted by Crippen LogP contribution is 2.44. The summed E-state index contributed by atoms with van der Waals surface area (Å²) < 4.78 is 10.6. The van der Waals surface area contributed by atoms with Crippen molar-refractivity contribution in [3.05, 3.63) is 11.8 Å². The van der Waals surface area contributed by atoms with Gasteiger partial charge in [0.15, 0.2) is 0 Å². The normalized spacial score (nSPS) is 26.3. The minimum Gasteiger partial charge on any atom is -0.495 e. The summed E-state index contributed by atoms with van der Waals surface area (Å²) in [5.41, 5.74) is -0.852. The molecule has 1 aliphatic carbocycles. The molecular weight excluding hydrogens is 180 g/mol. The predicted octanol–water partition coefficient (Wildman–Crippen LogP) is 1.47. The maximum atomic E-state index is 10.5. The third kappa shape index (κ3) is 1.79. The lowest BCUT2D eigenvalue weighted by Crippen LogP contribution is -2.40. The first-order valence-corrected chi connectivity index (χ1v) is 5.32. The molecule has 3 nitrogen and oxygen atoms in total. The third-order valence-corrected chi connectivity index (χ3v) is 2.98. The van der Waals surface area contributed by atoms with Gasteiger partial charge in [-0.15, -0.1) is 0 Å². The molecule has 1 atom stereocenters. The molecule has 14 heavy (non-hydrogen) atoms. The fourth-order valence-electron chi connectivity index (χ4n) is 2.03. The minimum absolute atomic E-state index is 0.340. The van der Waals surface area contributed by atoms with Crippen molar-refractivity contribution in [3.63, 3.8) is 0 Å². The molecule has 2 aliphatic rings. The summed E-state index contributed by atoms with van der Waals surface area (Å²) >= 11 is 0. The van der Waals surface area contributed by atoms with Gasteiger partial charge in [0, 0.05) is 7.11 Å². The van der Waals surface area contributed by atoms with E-state index in [1.54, 1.807) is 7.11 Å². The van der Waals surface area contributed by atoms with Crippen molar-refractivity contribution in [1.29, 1.82) is 0 Å². The molecule has 1 N–H and O–H groups in total. The zero-order valence-corrected chi connectivity index (χ0v) is 8.66. The lowest BCUT2D eigenvalue weighted by atomic mass is 9.94. The SMILES string of the molecule is COCC(O)(C1=CCCCO1)C1CC1. The van der Waals surface area contributed by atoms with Crippen LogP contribution in [-0.2, 0) is 9.47 Å². The van der Waals surface area contributed by atoms with Crippen molar-refractivity contribution in [2.24, 2.45) is 5.92 Å². The highest BCUT2D eigenvalue weighted by Gasteiger charge is 2.48. The first kappa shape index (κ1) is 9.99. The van der Waals surface area contributed by atoms with Crippen LogP contribution in [0, 0.1) is 5.92 Å². The van der Waals surface area contributed by atoms with Gasteiger partial charge in [0.1, 0.15) is 11.4 Å². The summed E-state index contributed by atoms with van der Waals surface area (Å²) in [5.74, 6) is 1.08. The minimum atomic E-state index is -0.852. The Kier molecular flexibility index (Phi) is 2.79. The fraction of sp³-hybridized carbons (Fsp3) is 0.818. The molecule has 1 fully saturated rings. The molecule has 0 aromatic heterocycles. The Morgan fingerprint density at radius 1 is 1.64 bits per heavy atom. The van der Waals surface area contributed by atoms with Crippen LogP contribution in [0.3, 0.4) is 0 Å². The van der Waals surface area contributed by atoms with Crippen LogP contribution in [0.5, 0.6) is 0 Å². The number of hydrogen-bond donors (Lipinski definition) is 1. The lowest BCUT2D eigenvalue weighted by molar-refractivity contribution is -0.0617. The Hall–Kier alpha value is -0.540. The summed E-state index contributed by atoms with van der Waals surface area (Å²) in [5, 5.41) is 10.5. The quantitative estimate of drug-likeness (QED) is 0.743. The average Bonchev–Trinajstić information content (AvgIpc) is 3.03. The number of hydrogen-bond acceptors (Lipinski definition) is 3. The summed E-state index contributed by atoms with van der Waals surface area (Å²) in [7, 11) is 1.62. The highest BCUT2D eigenvalue weighted by atomic mass is 16.5. The van der Waals surface area contributed by atoms with E-state index in [-0.39, 0.29) is 0 Å². The molecule has 0 bridgehead atoms. The second kappa shape index (κ2) is 3.91. The van der Waals surface area contributed by atoms with Gasteiger partial charge >= 0.3 is 0 Å². The Labute approximate surface area is 84.7 Å². The molecule has 1 heterocycles. The number of aliphatic hydroxyl groups is 1. The first-order valence-electron chi connectivity index (χ1n) is 5.32. The van der Waals surface area contributed by atoms with Crippen LogP contribution >= 0.6 is 0 Å². The molecule has 0 aromatic rings. The van der Waals surface area contributed by atoms with Crippen molar-refractivity contribution in [1.82, 2.24) is 0 Å². The molecule has 0 aromatic carbocycles. The van der Waals surface area contributed by atoms with Crippen LogP contribution in [-0.4, -0.2) is 31.0 Å². The third-order valence-electron chi connectivity index (χ3n) is 2.98. The van der Waals surface area contributed by atoms with Gasteiger partial charge in [-0.3, -0.25) is 0 Å². The van der Waals surface area contributed by atoms with E-state index in [9.17, 15) is 5.11 Å². The van der Waals surface area contributed by atoms with E-state index in [0.717, 1.165) is 38.0 Å². The zero-order chi connectivity index (χ0) is 10.0. The fourth-order valence-corrected chi connectivity index (χ4v) is 2.03. The average molecular weight is 198 g/mol. The summed E-state index contributed by atoms with van der Waals surface area (Å²) in [6.45, 7) is 1.08. The number of methoxy groups -OCH3 is 1. The van der Waals surface area contributed by atoms with Crippen LogP contribution in [0.2, 0.25) is 0 Å². The topological polar surface area (TPSA) is 38.7 Å². The van der Waals surface area contributed by atoms with Crippen molar-refractivity contribution in [2.75, 3.05) is 20.3 Å². The standard InChI is InChI=1S/C11H18O3/c1-13-8-11(12,9-5-6-9)10-4-2-3-7-14-10/h4,9,12H,2-3,5-8H2,1H3. The lowest BCUT2D eigenvalue weighted by Gasteiger charge is -2.31. The van der Waals surface area contributed by atoms with Crippen molar-refractivity contribution < 1.29 is 14.6 Å². The zero-order valence-electron chi connectivity index (χ0n) is 8.66. The van der Waals surface area contributed by atoms with Crippen LogP contribution in [0.15, 0.2) is 11.8 Å². The van der Waals surface area contributed by atoms with Gasteiger partial charge < -0.3 is 14.6 Å². The Balaban J connectivity index is 2.11. The Bertz CT molecular complexity index is 233. The second-order valence-corrected chi connectivity index (χ2v) is 4.19. The van der Waals surface area contributed by atoms with Crippen molar-refractivity contribution in [2.45, 2.75) is 31.3 Å². The molecule has 80 valence electrons. The molecule has 1 unspecified atom stereocenters. The summed E-state index contributed by atoms with van der Waals surface area (Å²) in [4.78, 5) is 0. The molecule has 1 aliphatic heterocycles. The molecular formula is C11H18O3. The van der Waals surface area contributed by atoms with Gasteiger partial charge in [-0.25, -0.2) is 0 Å². The molecule has 0 radical (unpaired) electrons. The summed E-state index contributed by atoms with van der Waals surface area (Å²) in [6, 6.07) is 0. The van der Waals surface area contributed by atoms with Gasteiger partial charge in [-0.1, -0.05) is 0 Å². The van der Waals surface area contributed by atoms with E-state index in [1.807, 2.05) is 6.08 Å². The monoisotopic (exact) mass is 198 g/mol. The van der Waals surface area contributed by atoms with Crippen LogP contribution in [0.1, 0.15) is 25.7 Å². The van der Waals surface area contributed by atoms with Crippen LogP contribution < -0.4 is 0 Å². The number of ether oxygens (including phenoxy) is 2. The Morgan fingerprint density at radius 2 is 2.43 bits per heavy atom. The maximum absolute atomic E-state index is 10.5. The van der Waals surface area contributed by atoms with Crippen LogP contribution in [0.25, 0.3) is 0 Å². The number of allylic oxidation sites excluding steroid dienone is 1. The van der Waals surface area contributed by atoms with Gasteiger partial charge in [0.2, 0.25) is 0 Å². The van der Waals surface area contributed by atoms with Gasteiger partial charge in [-0.2, -0.15) is 0 Å². The molecule has 0 amide bonds. The van der Waals surface area contributed by atoms with Gasteiger partial charge in [-0.05, 0) is 37.7 Å². The number of rotatable bonds is 4. The van der Waals surface area contributed by atoms with E-state index in [0.29, 0.717) is 12.5 Å². The second-order valence-electron chi connectivity index (χ2n) is 4.19. The molecule has 2 rings (SSSR count). The van der Waals surface area contributed by atoms with E-state index >= 15 is 0 Å². The molecule has 3 heteroatoms. The van der Waals surface area contributed by atoms with Gasteiger partial charge in [0.05, 0.1) is 13.2 Å². The largest absolute Gasteiger partial charge is 0.495 e. The molecule has 0 saturated heterocycles.